The van der Waals surface area contributed by atoms with Crippen molar-refractivity contribution < 1.29 is 14.3 Å². The molecule has 0 saturated carbocycles. The molecular formula is C23H23NO3. The van der Waals surface area contributed by atoms with Gasteiger partial charge >= 0.3 is 0 Å². The van der Waals surface area contributed by atoms with Gasteiger partial charge in [0.15, 0.2) is 11.5 Å². The van der Waals surface area contributed by atoms with Crippen LogP contribution in [-0.4, -0.2) is 19.1 Å². The summed E-state index contributed by atoms with van der Waals surface area (Å²) in [5.74, 6) is 1.02. The smallest absolute Gasteiger partial charge is 0.255 e. The van der Waals surface area contributed by atoms with E-state index in [0.717, 1.165) is 23.9 Å². The molecular weight excluding hydrogens is 338 g/mol. The number of carbonyl (C=O) groups is 1. The van der Waals surface area contributed by atoms with Crippen LogP contribution in [-0.2, 0) is 12.8 Å². The second-order valence-corrected chi connectivity index (χ2v) is 7.10. The van der Waals surface area contributed by atoms with Crippen LogP contribution in [0, 0.1) is 0 Å². The summed E-state index contributed by atoms with van der Waals surface area (Å²) in [4.78, 5) is 12.8. The highest BCUT2D eigenvalue weighted by atomic mass is 16.5. The number of hydrogen-bond acceptors (Lipinski definition) is 3. The van der Waals surface area contributed by atoms with Crippen molar-refractivity contribution in [2.45, 2.75) is 32.8 Å². The summed E-state index contributed by atoms with van der Waals surface area (Å²) in [6.07, 6.45) is 2.17. The Morgan fingerprint density at radius 2 is 1.78 bits per heavy atom. The Bertz CT molecular complexity index is 1010. The molecule has 0 fully saturated rings. The maximum atomic E-state index is 12.8. The Hall–Kier alpha value is -3.01. The van der Waals surface area contributed by atoms with Crippen LogP contribution in [0.4, 0.5) is 5.69 Å². The van der Waals surface area contributed by atoms with Crippen LogP contribution in [0.1, 0.15) is 35.3 Å². The van der Waals surface area contributed by atoms with Crippen molar-refractivity contribution >= 4 is 22.4 Å². The molecule has 1 aliphatic carbocycles. The van der Waals surface area contributed by atoms with Gasteiger partial charge in [-0.1, -0.05) is 24.3 Å². The topological polar surface area (TPSA) is 47.6 Å². The third kappa shape index (κ3) is 3.23. The predicted octanol–water partition coefficient (Wildman–Crippen LogP) is 4.99. The van der Waals surface area contributed by atoms with Crippen molar-refractivity contribution in [1.82, 2.24) is 0 Å². The van der Waals surface area contributed by atoms with Gasteiger partial charge in [-0.15, -0.1) is 0 Å². The summed E-state index contributed by atoms with van der Waals surface area (Å²) in [5, 5.41) is 5.44. The van der Waals surface area contributed by atoms with Crippen molar-refractivity contribution in [2.24, 2.45) is 0 Å². The molecule has 0 radical (unpaired) electrons. The third-order valence-electron chi connectivity index (χ3n) is 4.91. The summed E-state index contributed by atoms with van der Waals surface area (Å²) in [6.45, 7) is 3.91. The molecule has 0 spiro atoms. The van der Waals surface area contributed by atoms with Crippen molar-refractivity contribution in [1.29, 1.82) is 0 Å². The molecule has 138 valence electrons. The quantitative estimate of drug-likeness (QED) is 0.697. The summed E-state index contributed by atoms with van der Waals surface area (Å²) in [5.41, 5.74) is 4.08. The van der Waals surface area contributed by atoms with Crippen LogP contribution in [0.25, 0.3) is 10.8 Å². The van der Waals surface area contributed by atoms with Gasteiger partial charge in [0, 0.05) is 16.6 Å². The minimum absolute atomic E-state index is 0.0344. The number of nitrogens with one attached hydrogen (secondary N) is 1. The number of methoxy groups -OCH3 is 1. The molecule has 0 aromatic heterocycles. The van der Waals surface area contributed by atoms with E-state index in [2.05, 4.69) is 29.6 Å². The summed E-state index contributed by atoms with van der Waals surface area (Å²) < 4.78 is 11.1. The first-order chi connectivity index (χ1) is 13.1. The van der Waals surface area contributed by atoms with Gasteiger partial charge in [0.2, 0.25) is 0 Å². The summed E-state index contributed by atoms with van der Waals surface area (Å²) >= 11 is 0. The molecule has 0 atom stereocenters. The first-order valence-electron chi connectivity index (χ1n) is 9.26. The van der Waals surface area contributed by atoms with E-state index in [1.54, 1.807) is 25.3 Å². The molecule has 0 heterocycles. The number of aryl methyl sites for hydroxylation is 2. The molecule has 1 amide bonds. The molecule has 0 aliphatic heterocycles. The number of anilines is 1. The van der Waals surface area contributed by atoms with Gasteiger partial charge < -0.3 is 14.8 Å². The average Bonchev–Trinajstić information content (AvgIpc) is 3.08. The third-order valence-corrected chi connectivity index (χ3v) is 4.91. The number of amides is 1. The lowest BCUT2D eigenvalue weighted by Crippen LogP contribution is -2.13. The van der Waals surface area contributed by atoms with Crippen LogP contribution in [0.2, 0.25) is 0 Å². The number of ether oxygens (including phenoxy) is 2. The zero-order chi connectivity index (χ0) is 19.0. The monoisotopic (exact) mass is 361 g/mol. The van der Waals surface area contributed by atoms with E-state index in [-0.39, 0.29) is 12.0 Å². The maximum absolute atomic E-state index is 12.8. The van der Waals surface area contributed by atoms with E-state index in [1.165, 1.54) is 16.5 Å². The van der Waals surface area contributed by atoms with Gasteiger partial charge in [0.25, 0.3) is 5.91 Å². The lowest BCUT2D eigenvalue weighted by molar-refractivity contribution is 0.102. The van der Waals surface area contributed by atoms with Gasteiger partial charge in [-0.2, -0.15) is 0 Å². The van der Waals surface area contributed by atoms with Crippen LogP contribution in [0.5, 0.6) is 11.5 Å². The first-order valence-corrected chi connectivity index (χ1v) is 9.26. The Morgan fingerprint density at radius 3 is 2.52 bits per heavy atom. The summed E-state index contributed by atoms with van der Waals surface area (Å²) in [6, 6.07) is 15.7. The normalized spacial score (nSPS) is 12.4. The molecule has 4 nitrogen and oxygen atoms in total. The second-order valence-electron chi connectivity index (χ2n) is 7.10. The van der Waals surface area contributed by atoms with Crippen molar-refractivity contribution in [3.05, 3.63) is 65.2 Å². The van der Waals surface area contributed by atoms with Crippen molar-refractivity contribution in [2.75, 3.05) is 12.4 Å². The number of rotatable bonds is 5. The maximum Gasteiger partial charge on any atom is 0.255 e. The molecule has 4 heteroatoms. The van der Waals surface area contributed by atoms with Gasteiger partial charge in [0.05, 0.1) is 13.2 Å². The number of benzene rings is 3. The van der Waals surface area contributed by atoms with E-state index in [9.17, 15) is 4.79 Å². The molecule has 1 N–H and O–H groups in total. The zero-order valence-electron chi connectivity index (χ0n) is 15.8. The van der Waals surface area contributed by atoms with Gasteiger partial charge in [-0.25, -0.2) is 0 Å². The molecule has 4 rings (SSSR count). The van der Waals surface area contributed by atoms with E-state index in [4.69, 9.17) is 9.47 Å². The fourth-order valence-electron chi connectivity index (χ4n) is 3.71. The highest BCUT2D eigenvalue weighted by Crippen LogP contribution is 2.35. The largest absolute Gasteiger partial charge is 0.493 e. The Kier molecular flexibility index (Phi) is 4.48. The Morgan fingerprint density at radius 1 is 1.00 bits per heavy atom. The standard InChI is InChI=1S/C23H23NO3/c1-14(2)27-20-12-10-17(13-21(20)26-3)23(25)24-19-11-9-16-8-7-15-5-4-6-18(19)22(15)16/h4-6,9-14H,7-8H2,1-3H3,(H,24,25). The molecule has 3 aromatic carbocycles. The van der Waals surface area contributed by atoms with E-state index >= 15 is 0 Å². The Balaban J connectivity index is 1.65. The van der Waals surface area contributed by atoms with Gasteiger partial charge in [0.1, 0.15) is 0 Å². The number of hydrogen-bond donors (Lipinski definition) is 1. The minimum atomic E-state index is -0.164. The highest BCUT2D eigenvalue weighted by molar-refractivity contribution is 6.10. The van der Waals surface area contributed by atoms with Crippen LogP contribution < -0.4 is 14.8 Å². The lowest BCUT2D eigenvalue weighted by atomic mass is 10.0. The van der Waals surface area contributed by atoms with Crippen LogP contribution in [0.3, 0.4) is 0 Å². The van der Waals surface area contributed by atoms with Crippen LogP contribution >= 0.6 is 0 Å². The Labute approximate surface area is 159 Å². The van der Waals surface area contributed by atoms with Gasteiger partial charge in [-0.05, 0) is 67.5 Å². The zero-order valence-corrected chi connectivity index (χ0v) is 15.8. The van der Waals surface area contributed by atoms with E-state index < -0.39 is 0 Å². The van der Waals surface area contributed by atoms with E-state index in [1.807, 2.05) is 19.9 Å². The second kappa shape index (κ2) is 6.95. The van der Waals surface area contributed by atoms with Crippen molar-refractivity contribution in [3.8, 4) is 11.5 Å². The SMILES string of the molecule is COc1cc(C(=O)Nc2ccc3c4c(cccc24)CC3)ccc1OC(C)C. The predicted molar refractivity (Wildman–Crippen MR) is 108 cm³/mol. The van der Waals surface area contributed by atoms with E-state index in [0.29, 0.717) is 17.1 Å². The molecule has 0 saturated heterocycles. The van der Waals surface area contributed by atoms with Gasteiger partial charge in [-0.3, -0.25) is 4.79 Å². The average molecular weight is 361 g/mol. The molecule has 1 aliphatic rings. The lowest BCUT2D eigenvalue weighted by Gasteiger charge is -2.15. The molecule has 27 heavy (non-hydrogen) atoms. The minimum Gasteiger partial charge on any atom is -0.493 e. The van der Waals surface area contributed by atoms with Crippen molar-refractivity contribution in [3.63, 3.8) is 0 Å². The van der Waals surface area contributed by atoms with Crippen LogP contribution in [0.15, 0.2) is 48.5 Å². The first kappa shape index (κ1) is 17.4. The molecule has 0 unspecified atom stereocenters. The fraction of sp³-hybridized carbons (Fsp3) is 0.261. The molecule has 0 bridgehead atoms. The highest BCUT2D eigenvalue weighted by Gasteiger charge is 2.18. The fourth-order valence-corrected chi connectivity index (χ4v) is 3.71. The number of carbonyl (C=O) groups excluding carboxylic acids is 1. The summed E-state index contributed by atoms with van der Waals surface area (Å²) in [7, 11) is 1.58. The molecule has 3 aromatic rings.